The normalized spacial score (nSPS) is 11.1. The van der Waals surface area contributed by atoms with Gasteiger partial charge in [-0.05, 0) is 11.1 Å². The molecular formula is C15H15F2N. The SMILES string of the molecule is FC(F)CNC(c1ccccc1)c1ccccc1. The van der Waals surface area contributed by atoms with Crippen LogP contribution in [0.1, 0.15) is 17.2 Å². The molecule has 18 heavy (non-hydrogen) atoms. The van der Waals surface area contributed by atoms with E-state index in [-0.39, 0.29) is 12.6 Å². The monoisotopic (exact) mass is 247 g/mol. The van der Waals surface area contributed by atoms with Gasteiger partial charge in [-0.1, -0.05) is 60.7 Å². The van der Waals surface area contributed by atoms with E-state index in [0.717, 1.165) is 11.1 Å². The molecule has 2 rings (SSSR count). The second kappa shape index (κ2) is 6.26. The van der Waals surface area contributed by atoms with Crippen LogP contribution in [0.25, 0.3) is 0 Å². The van der Waals surface area contributed by atoms with E-state index < -0.39 is 6.43 Å². The number of alkyl halides is 2. The number of hydrogen-bond acceptors (Lipinski definition) is 1. The number of hydrogen-bond donors (Lipinski definition) is 1. The molecule has 0 aliphatic heterocycles. The molecule has 0 spiro atoms. The lowest BCUT2D eigenvalue weighted by Gasteiger charge is -2.19. The van der Waals surface area contributed by atoms with Gasteiger partial charge in [0.15, 0.2) is 0 Å². The largest absolute Gasteiger partial charge is 0.301 e. The summed E-state index contributed by atoms with van der Waals surface area (Å²) in [6.45, 7) is -0.311. The smallest absolute Gasteiger partial charge is 0.250 e. The van der Waals surface area contributed by atoms with Crippen molar-refractivity contribution in [2.24, 2.45) is 0 Å². The lowest BCUT2D eigenvalue weighted by atomic mass is 9.99. The van der Waals surface area contributed by atoms with Crippen molar-refractivity contribution in [2.75, 3.05) is 6.54 Å². The van der Waals surface area contributed by atoms with Gasteiger partial charge in [0.2, 0.25) is 0 Å². The molecule has 2 aromatic rings. The fourth-order valence-electron chi connectivity index (χ4n) is 1.93. The second-order valence-electron chi connectivity index (χ2n) is 4.05. The summed E-state index contributed by atoms with van der Waals surface area (Å²) >= 11 is 0. The minimum atomic E-state index is -2.35. The van der Waals surface area contributed by atoms with Crippen LogP contribution in [0, 0.1) is 0 Å². The molecule has 0 aliphatic carbocycles. The first-order valence-electron chi connectivity index (χ1n) is 5.89. The molecule has 0 bridgehead atoms. The van der Waals surface area contributed by atoms with E-state index in [1.54, 1.807) is 0 Å². The summed E-state index contributed by atoms with van der Waals surface area (Å²) in [7, 11) is 0. The standard InChI is InChI=1S/C15H15F2N/c16-14(17)11-18-15(12-7-3-1-4-8-12)13-9-5-2-6-10-13/h1-10,14-15,18H,11H2. The van der Waals surface area contributed by atoms with Crippen molar-refractivity contribution in [3.63, 3.8) is 0 Å². The number of benzene rings is 2. The maximum Gasteiger partial charge on any atom is 0.250 e. The zero-order valence-corrected chi connectivity index (χ0v) is 9.89. The van der Waals surface area contributed by atoms with Crippen LogP contribution in [-0.4, -0.2) is 13.0 Å². The van der Waals surface area contributed by atoms with Crippen molar-refractivity contribution < 1.29 is 8.78 Å². The fraction of sp³-hybridized carbons (Fsp3) is 0.200. The third-order valence-electron chi connectivity index (χ3n) is 2.74. The minimum Gasteiger partial charge on any atom is -0.301 e. The van der Waals surface area contributed by atoms with Gasteiger partial charge in [0.05, 0.1) is 12.6 Å². The summed E-state index contributed by atoms with van der Waals surface area (Å²) in [5.74, 6) is 0. The van der Waals surface area contributed by atoms with Crippen molar-refractivity contribution in [3.8, 4) is 0 Å². The summed E-state index contributed by atoms with van der Waals surface area (Å²) < 4.78 is 24.7. The Hall–Kier alpha value is -1.74. The van der Waals surface area contributed by atoms with E-state index >= 15 is 0 Å². The third-order valence-corrected chi connectivity index (χ3v) is 2.74. The van der Waals surface area contributed by atoms with Gasteiger partial charge in [-0.2, -0.15) is 0 Å². The molecule has 0 unspecified atom stereocenters. The molecule has 0 fully saturated rings. The van der Waals surface area contributed by atoms with Crippen LogP contribution in [0.5, 0.6) is 0 Å². The second-order valence-corrected chi connectivity index (χ2v) is 4.05. The maximum absolute atomic E-state index is 12.4. The molecule has 0 aromatic heterocycles. The summed E-state index contributed by atoms with van der Waals surface area (Å²) in [4.78, 5) is 0. The van der Waals surface area contributed by atoms with Gasteiger partial charge in [0, 0.05) is 0 Å². The lowest BCUT2D eigenvalue weighted by Crippen LogP contribution is -2.27. The molecule has 3 heteroatoms. The highest BCUT2D eigenvalue weighted by molar-refractivity contribution is 5.31. The van der Waals surface area contributed by atoms with E-state index in [1.165, 1.54) is 0 Å². The lowest BCUT2D eigenvalue weighted by molar-refractivity contribution is 0.143. The highest BCUT2D eigenvalue weighted by Gasteiger charge is 2.14. The molecular weight excluding hydrogens is 232 g/mol. The molecule has 94 valence electrons. The van der Waals surface area contributed by atoms with E-state index in [0.29, 0.717) is 0 Å². The summed E-state index contributed by atoms with van der Waals surface area (Å²) in [6.07, 6.45) is -2.35. The first-order valence-corrected chi connectivity index (χ1v) is 5.89. The average molecular weight is 247 g/mol. The maximum atomic E-state index is 12.4. The van der Waals surface area contributed by atoms with Crippen LogP contribution in [-0.2, 0) is 0 Å². The molecule has 1 N–H and O–H groups in total. The molecule has 0 radical (unpaired) electrons. The van der Waals surface area contributed by atoms with Gasteiger partial charge in [-0.3, -0.25) is 0 Å². The average Bonchev–Trinajstić information content (AvgIpc) is 2.41. The van der Waals surface area contributed by atoms with E-state index in [1.807, 2.05) is 60.7 Å². The van der Waals surface area contributed by atoms with Crippen molar-refractivity contribution in [3.05, 3.63) is 71.8 Å². The van der Waals surface area contributed by atoms with Crippen LogP contribution < -0.4 is 5.32 Å². The summed E-state index contributed by atoms with van der Waals surface area (Å²) in [5.41, 5.74) is 1.98. The number of nitrogens with one attached hydrogen (secondary N) is 1. The zero-order chi connectivity index (χ0) is 12.8. The van der Waals surface area contributed by atoms with Gasteiger partial charge in [0.25, 0.3) is 6.43 Å². The van der Waals surface area contributed by atoms with E-state index in [9.17, 15) is 8.78 Å². The van der Waals surface area contributed by atoms with Crippen LogP contribution in [0.2, 0.25) is 0 Å². The molecule has 0 atom stereocenters. The van der Waals surface area contributed by atoms with Gasteiger partial charge in [-0.25, -0.2) is 8.78 Å². The van der Waals surface area contributed by atoms with E-state index in [4.69, 9.17) is 0 Å². The van der Waals surface area contributed by atoms with Crippen molar-refractivity contribution in [1.82, 2.24) is 5.32 Å². The summed E-state index contributed by atoms with van der Waals surface area (Å²) in [5, 5.41) is 2.90. The molecule has 2 aromatic carbocycles. The van der Waals surface area contributed by atoms with Crippen molar-refractivity contribution in [1.29, 1.82) is 0 Å². The first-order chi connectivity index (χ1) is 8.77. The Morgan fingerprint density at radius 2 is 1.22 bits per heavy atom. The van der Waals surface area contributed by atoms with Crippen LogP contribution >= 0.6 is 0 Å². The van der Waals surface area contributed by atoms with E-state index in [2.05, 4.69) is 5.32 Å². The Labute approximate surface area is 105 Å². The predicted octanol–water partition coefficient (Wildman–Crippen LogP) is 3.63. The number of halogens is 2. The van der Waals surface area contributed by atoms with Crippen LogP contribution in [0.15, 0.2) is 60.7 Å². The highest BCUT2D eigenvalue weighted by atomic mass is 19.3. The molecule has 0 heterocycles. The molecule has 0 saturated heterocycles. The quantitative estimate of drug-likeness (QED) is 0.850. The van der Waals surface area contributed by atoms with Gasteiger partial charge < -0.3 is 5.32 Å². The van der Waals surface area contributed by atoms with Crippen LogP contribution in [0.3, 0.4) is 0 Å². The van der Waals surface area contributed by atoms with Crippen molar-refractivity contribution in [2.45, 2.75) is 12.5 Å². The first kappa shape index (κ1) is 12.7. The zero-order valence-electron chi connectivity index (χ0n) is 9.89. The van der Waals surface area contributed by atoms with Gasteiger partial charge in [0.1, 0.15) is 0 Å². The molecule has 1 nitrogen and oxygen atoms in total. The minimum absolute atomic E-state index is 0.193. The Kier molecular flexibility index (Phi) is 4.42. The fourth-order valence-corrected chi connectivity index (χ4v) is 1.93. The third kappa shape index (κ3) is 3.37. The number of rotatable bonds is 5. The molecule has 0 aliphatic rings. The Morgan fingerprint density at radius 3 is 1.61 bits per heavy atom. The molecule has 0 saturated carbocycles. The van der Waals surface area contributed by atoms with Gasteiger partial charge >= 0.3 is 0 Å². The van der Waals surface area contributed by atoms with Gasteiger partial charge in [-0.15, -0.1) is 0 Å². The molecule has 0 amide bonds. The highest BCUT2D eigenvalue weighted by Crippen LogP contribution is 2.21. The Bertz CT molecular complexity index is 417. The predicted molar refractivity (Wildman–Crippen MR) is 68.7 cm³/mol. The van der Waals surface area contributed by atoms with Crippen LogP contribution in [0.4, 0.5) is 8.78 Å². The summed E-state index contributed by atoms with van der Waals surface area (Å²) in [6, 6.07) is 19.0. The van der Waals surface area contributed by atoms with Crippen molar-refractivity contribution >= 4 is 0 Å². The Balaban J connectivity index is 2.24. The Morgan fingerprint density at radius 1 is 0.778 bits per heavy atom. The topological polar surface area (TPSA) is 12.0 Å².